The van der Waals surface area contributed by atoms with Crippen LogP contribution in [0, 0.1) is 16.7 Å². The topological polar surface area (TPSA) is 23.8 Å². The van der Waals surface area contributed by atoms with Crippen LogP contribution in [0.5, 0.6) is 0 Å². The Morgan fingerprint density at radius 1 is 1.05 bits per heavy atom. The lowest BCUT2D eigenvalue weighted by Crippen LogP contribution is -2.49. The zero-order chi connectivity index (χ0) is 13.8. The first kappa shape index (κ1) is 15.2. The molecule has 0 aromatic rings. The second-order valence-electron chi connectivity index (χ2n) is 6.84. The minimum absolute atomic E-state index is 0.0215. The molecule has 0 amide bonds. The van der Waals surface area contributed by atoms with Crippen molar-refractivity contribution in [3.63, 3.8) is 0 Å². The van der Waals surface area contributed by atoms with Gasteiger partial charge >= 0.3 is 0 Å². The van der Waals surface area contributed by atoms with E-state index in [1.807, 2.05) is 11.8 Å². The van der Waals surface area contributed by atoms with Gasteiger partial charge in [0.1, 0.15) is 4.75 Å². The molecule has 2 saturated carbocycles. The third-order valence-electron chi connectivity index (χ3n) is 5.03. The van der Waals surface area contributed by atoms with Crippen LogP contribution in [0.3, 0.4) is 0 Å². The van der Waals surface area contributed by atoms with Gasteiger partial charge in [-0.3, -0.25) is 0 Å². The van der Waals surface area contributed by atoms with Gasteiger partial charge in [-0.2, -0.15) is 5.26 Å². The van der Waals surface area contributed by atoms with E-state index in [2.05, 4.69) is 19.9 Å². The molecule has 0 atom stereocenters. The summed E-state index contributed by atoms with van der Waals surface area (Å²) in [6.45, 7) is 4.58. The average molecular weight is 279 g/mol. The lowest BCUT2D eigenvalue weighted by molar-refractivity contribution is 0.0826. The van der Waals surface area contributed by atoms with Gasteiger partial charge in [-0.15, -0.1) is 11.8 Å². The lowest BCUT2D eigenvalue weighted by atomic mass is 9.58. The Hall–Kier alpha value is -0.160. The summed E-state index contributed by atoms with van der Waals surface area (Å²) < 4.78 is -0.0215. The SMILES string of the molecule is CCCC1(CCC)CC(C#N)(SC2CCCCC2)C1. The maximum absolute atomic E-state index is 9.67. The Kier molecular flexibility index (Phi) is 5.23. The zero-order valence-corrected chi connectivity index (χ0v) is 13.5. The average Bonchev–Trinajstić information content (AvgIpc) is 2.38. The number of nitriles is 1. The normalized spacial score (nSPS) is 25.5. The number of hydrogen-bond acceptors (Lipinski definition) is 2. The minimum Gasteiger partial charge on any atom is -0.197 e. The Balaban J connectivity index is 1.93. The maximum Gasteiger partial charge on any atom is 0.104 e. The van der Waals surface area contributed by atoms with Crippen molar-refractivity contribution >= 4 is 11.8 Å². The molecular weight excluding hydrogens is 250 g/mol. The second kappa shape index (κ2) is 6.53. The van der Waals surface area contributed by atoms with E-state index in [4.69, 9.17) is 0 Å². The molecule has 2 heteroatoms. The van der Waals surface area contributed by atoms with E-state index in [0.717, 1.165) is 5.25 Å². The molecule has 19 heavy (non-hydrogen) atoms. The van der Waals surface area contributed by atoms with Gasteiger partial charge in [-0.1, -0.05) is 46.0 Å². The van der Waals surface area contributed by atoms with Crippen LogP contribution in [0.1, 0.15) is 84.5 Å². The molecule has 0 unspecified atom stereocenters. The summed E-state index contributed by atoms with van der Waals surface area (Å²) >= 11 is 2.05. The largest absolute Gasteiger partial charge is 0.197 e. The van der Waals surface area contributed by atoms with Gasteiger partial charge in [0.15, 0.2) is 0 Å². The molecule has 0 aromatic carbocycles. The standard InChI is InChI=1S/C17H29NS/c1-3-10-16(11-4-2)12-17(13-16,14-18)19-15-8-6-5-7-9-15/h15H,3-13H2,1-2H3. The van der Waals surface area contributed by atoms with Gasteiger partial charge < -0.3 is 0 Å². The molecule has 1 nitrogen and oxygen atoms in total. The van der Waals surface area contributed by atoms with Crippen LogP contribution in [0.25, 0.3) is 0 Å². The third-order valence-corrected chi connectivity index (χ3v) is 6.67. The van der Waals surface area contributed by atoms with Crippen LogP contribution in [-0.2, 0) is 0 Å². The van der Waals surface area contributed by atoms with Crippen molar-refractivity contribution in [1.82, 2.24) is 0 Å². The molecule has 0 saturated heterocycles. The minimum atomic E-state index is -0.0215. The van der Waals surface area contributed by atoms with Crippen molar-refractivity contribution in [1.29, 1.82) is 5.26 Å². The Labute approximate surface area is 123 Å². The number of nitrogens with zero attached hydrogens (tertiary/aromatic N) is 1. The number of thioether (sulfide) groups is 1. The first-order valence-electron chi connectivity index (χ1n) is 8.27. The van der Waals surface area contributed by atoms with Crippen LogP contribution in [0.2, 0.25) is 0 Å². The van der Waals surface area contributed by atoms with Crippen molar-refractivity contribution in [2.24, 2.45) is 5.41 Å². The van der Waals surface area contributed by atoms with Gasteiger partial charge in [-0.25, -0.2) is 0 Å². The monoisotopic (exact) mass is 279 g/mol. The van der Waals surface area contributed by atoms with Crippen LogP contribution in [-0.4, -0.2) is 10.00 Å². The quantitative estimate of drug-likeness (QED) is 0.623. The number of rotatable bonds is 6. The fraction of sp³-hybridized carbons (Fsp3) is 0.941. The second-order valence-corrected chi connectivity index (χ2v) is 8.52. The fourth-order valence-corrected chi connectivity index (χ4v) is 6.43. The Bertz CT molecular complexity index is 311. The molecule has 0 heterocycles. The van der Waals surface area contributed by atoms with Crippen molar-refractivity contribution in [2.45, 2.75) is 94.5 Å². The van der Waals surface area contributed by atoms with Gasteiger partial charge in [0.2, 0.25) is 0 Å². The molecule has 0 N–H and O–H groups in total. The summed E-state index contributed by atoms with van der Waals surface area (Å²) in [5.41, 5.74) is 0.515. The van der Waals surface area contributed by atoms with Crippen molar-refractivity contribution < 1.29 is 0 Å². The van der Waals surface area contributed by atoms with E-state index in [9.17, 15) is 5.26 Å². The van der Waals surface area contributed by atoms with Gasteiger partial charge in [0.25, 0.3) is 0 Å². The van der Waals surface area contributed by atoms with Crippen LogP contribution >= 0.6 is 11.8 Å². The first-order valence-corrected chi connectivity index (χ1v) is 9.15. The van der Waals surface area contributed by atoms with E-state index in [-0.39, 0.29) is 4.75 Å². The molecule has 0 spiro atoms. The fourth-order valence-electron chi connectivity index (χ4n) is 4.39. The summed E-state index contributed by atoms with van der Waals surface area (Å²) in [7, 11) is 0. The number of hydrogen-bond donors (Lipinski definition) is 0. The van der Waals surface area contributed by atoms with E-state index in [0.29, 0.717) is 5.41 Å². The molecule has 2 rings (SSSR count). The summed E-state index contributed by atoms with van der Waals surface area (Å²) in [4.78, 5) is 0. The van der Waals surface area contributed by atoms with Crippen LogP contribution in [0.15, 0.2) is 0 Å². The van der Waals surface area contributed by atoms with Crippen molar-refractivity contribution in [3.8, 4) is 6.07 Å². The molecule has 2 fully saturated rings. The molecule has 0 aromatic heterocycles. The Morgan fingerprint density at radius 3 is 2.11 bits per heavy atom. The van der Waals surface area contributed by atoms with E-state index in [1.54, 1.807) is 0 Å². The summed E-state index contributed by atoms with van der Waals surface area (Å²) in [5, 5.41) is 10.4. The highest BCUT2D eigenvalue weighted by Crippen LogP contribution is 2.61. The summed E-state index contributed by atoms with van der Waals surface area (Å²) in [5.74, 6) is 0. The highest BCUT2D eigenvalue weighted by atomic mass is 32.2. The van der Waals surface area contributed by atoms with Gasteiger partial charge in [-0.05, 0) is 43.9 Å². The molecule has 0 bridgehead atoms. The third kappa shape index (κ3) is 3.48. The lowest BCUT2D eigenvalue weighted by Gasteiger charge is -2.54. The maximum atomic E-state index is 9.67. The Morgan fingerprint density at radius 2 is 1.63 bits per heavy atom. The van der Waals surface area contributed by atoms with Crippen LogP contribution in [0.4, 0.5) is 0 Å². The van der Waals surface area contributed by atoms with Gasteiger partial charge in [0, 0.05) is 5.25 Å². The smallest absolute Gasteiger partial charge is 0.104 e. The summed E-state index contributed by atoms with van der Waals surface area (Å²) in [6.07, 6.45) is 14.4. The predicted octanol–water partition coefficient (Wildman–Crippen LogP) is 5.70. The zero-order valence-electron chi connectivity index (χ0n) is 12.7. The first-order chi connectivity index (χ1) is 9.17. The molecule has 0 radical (unpaired) electrons. The molecular formula is C17H29NS. The molecule has 108 valence electrons. The highest BCUT2D eigenvalue weighted by Gasteiger charge is 2.54. The highest BCUT2D eigenvalue weighted by molar-refractivity contribution is 8.01. The predicted molar refractivity (Wildman–Crippen MR) is 84.3 cm³/mol. The van der Waals surface area contributed by atoms with E-state index < -0.39 is 0 Å². The van der Waals surface area contributed by atoms with Gasteiger partial charge in [0.05, 0.1) is 6.07 Å². The van der Waals surface area contributed by atoms with E-state index in [1.165, 1.54) is 70.6 Å². The van der Waals surface area contributed by atoms with Crippen molar-refractivity contribution in [3.05, 3.63) is 0 Å². The van der Waals surface area contributed by atoms with Crippen LogP contribution < -0.4 is 0 Å². The van der Waals surface area contributed by atoms with E-state index >= 15 is 0 Å². The molecule has 2 aliphatic carbocycles. The van der Waals surface area contributed by atoms with Crippen molar-refractivity contribution in [2.75, 3.05) is 0 Å². The molecule has 0 aliphatic heterocycles. The summed E-state index contributed by atoms with van der Waals surface area (Å²) in [6, 6.07) is 2.70. The molecule has 2 aliphatic rings.